The van der Waals surface area contributed by atoms with E-state index in [2.05, 4.69) is 156 Å². The fourth-order valence-corrected chi connectivity index (χ4v) is 7.04. The predicted octanol–water partition coefficient (Wildman–Crippen LogP) is 11.4. The second-order valence-electron chi connectivity index (χ2n) is 11.7. The summed E-state index contributed by atoms with van der Waals surface area (Å²) in [7, 11) is 0. The van der Waals surface area contributed by atoms with E-state index in [1.807, 2.05) is 6.07 Å². The zero-order chi connectivity index (χ0) is 29.0. The van der Waals surface area contributed by atoms with Crippen molar-refractivity contribution >= 4 is 38.9 Å². The van der Waals surface area contributed by atoms with Crippen LogP contribution in [0.4, 0.5) is 0 Å². The molecule has 208 valence electrons. The molecule has 1 unspecified atom stereocenters. The maximum atomic E-state index is 6.17. The molecule has 8 aromatic rings. The number of benzene rings is 6. The molecule has 0 N–H and O–H groups in total. The summed E-state index contributed by atoms with van der Waals surface area (Å²) in [4.78, 5) is 0. The summed E-state index contributed by atoms with van der Waals surface area (Å²) < 4.78 is 8.69. The largest absolute Gasteiger partial charge is 0.456 e. The van der Waals surface area contributed by atoms with Gasteiger partial charge >= 0.3 is 0 Å². The number of hydrogen-bond acceptors (Lipinski definition) is 1. The zero-order valence-electron chi connectivity index (χ0n) is 24.2. The Kier molecular flexibility index (Phi) is 5.67. The molecule has 0 spiro atoms. The summed E-state index contributed by atoms with van der Waals surface area (Å²) in [6, 6.07) is 52.7. The summed E-state index contributed by atoms with van der Waals surface area (Å²) in [6.07, 6.45) is 5.37. The molecule has 0 saturated carbocycles. The average Bonchev–Trinajstić information content (AvgIpc) is 3.64. The lowest BCUT2D eigenvalue weighted by atomic mass is 9.95. The first-order chi connectivity index (χ1) is 21.8. The van der Waals surface area contributed by atoms with Gasteiger partial charge in [0.2, 0.25) is 0 Å². The number of allylic oxidation sites excluding steroid dienone is 1. The van der Waals surface area contributed by atoms with Crippen LogP contribution in [0.1, 0.15) is 17.4 Å². The van der Waals surface area contributed by atoms with E-state index in [0.29, 0.717) is 0 Å². The van der Waals surface area contributed by atoms with Gasteiger partial charge in [-0.3, -0.25) is 0 Å². The van der Waals surface area contributed by atoms with Gasteiger partial charge in [0.15, 0.2) is 0 Å². The van der Waals surface area contributed by atoms with Crippen LogP contribution in [0, 0.1) is 0 Å². The SMILES string of the molecule is C1=CC(n2c3ccccc3c3cc(-c4cccc(-c5cccc(-c6ccccc6)c5)c4)ccc32)Cc2c1oc1ccccc21. The molecule has 2 heteroatoms. The Balaban J connectivity index is 1.13. The molecule has 0 radical (unpaired) electrons. The van der Waals surface area contributed by atoms with E-state index in [9.17, 15) is 0 Å². The number of para-hydroxylation sites is 2. The molecule has 6 aromatic carbocycles. The molecule has 2 aromatic heterocycles. The molecular formula is C42H29NO. The summed E-state index contributed by atoms with van der Waals surface area (Å²) >= 11 is 0. The van der Waals surface area contributed by atoms with E-state index in [1.165, 1.54) is 66.1 Å². The van der Waals surface area contributed by atoms with E-state index >= 15 is 0 Å². The van der Waals surface area contributed by atoms with Crippen LogP contribution in [0.3, 0.4) is 0 Å². The summed E-state index contributed by atoms with van der Waals surface area (Å²) in [5.74, 6) is 0.986. The van der Waals surface area contributed by atoms with Gasteiger partial charge < -0.3 is 8.98 Å². The lowest BCUT2D eigenvalue weighted by molar-refractivity contribution is 0.572. The van der Waals surface area contributed by atoms with Crippen LogP contribution in [-0.2, 0) is 6.42 Å². The van der Waals surface area contributed by atoms with Gasteiger partial charge in [-0.05, 0) is 75.9 Å². The molecule has 1 aliphatic carbocycles. The van der Waals surface area contributed by atoms with Crippen LogP contribution in [0.2, 0.25) is 0 Å². The third-order valence-corrected chi connectivity index (χ3v) is 9.15. The van der Waals surface area contributed by atoms with Crippen molar-refractivity contribution in [1.29, 1.82) is 0 Å². The molecule has 1 aliphatic rings. The van der Waals surface area contributed by atoms with Crippen molar-refractivity contribution in [3.63, 3.8) is 0 Å². The smallest absolute Gasteiger partial charge is 0.135 e. The number of nitrogens with zero attached hydrogens (tertiary/aromatic N) is 1. The fourth-order valence-electron chi connectivity index (χ4n) is 7.04. The Bertz CT molecular complexity index is 2370. The van der Waals surface area contributed by atoms with Crippen molar-refractivity contribution < 1.29 is 4.42 Å². The minimum atomic E-state index is 0.206. The Morgan fingerprint density at radius 3 is 1.84 bits per heavy atom. The lowest BCUT2D eigenvalue weighted by Crippen LogP contribution is -2.12. The van der Waals surface area contributed by atoms with Crippen molar-refractivity contribution in [2.75, 3.05) is 0 Å². The van der Waals surface area contributed by atoms with Crippen LogP contribution < -0.4 is 0 Å². The minimum Gasteiger partial charge on any atom is -0.456 e. The lowest BCUT2D eigenvalue weighted by Gasteiger charge is -2.21. The van der Waals surface area contributed by atoms with Crippen molar-refractivity contribution in [1.82, 2.24) is 4.57 Å². The van der Waals surface area contributed by atoms with Gasteiger partial charge in [-0.1, -0.05) is 115 Å². The van der Waals surface area contributed by atoms with E-state index in [0.717, 1.165) is 17.8 Å². The first kappa shape index (κ1) is 24.9. The highest BCUT2D eigenvalue weighted by Gasteiger charge is 2.24. The number of fused-ring (bicyclic) bond motifs is 6. The van der Waals surface area contributed by atoms with E-state index < -0.39 is 0 Å². The van der Waals surface area contributed by atoms with Crippen LogP contribution >= 0.6 is 0 Å². The maximum Gasteiger partial charge on any atom is 0.135 e. The van der Waals surface area contributed by atoms with Gasteiger partial charge in [0.25, 0.3) is 0 Å². The number of furan rings is 1. The van der Waals surface area contributed by atoms with Crippen molar-refractivity contribution in [3.05, 3.63) is 163 Å². The molecule has 1 atom stereocenters. The Hall–Kier alpha value is -5.60. The summed E-state index contributed by atoms with van der Waals surface area (Å²) in [5, 5.41) is 3.78. The molecular weight excluding hydrogens is 534 g/mol. The van der Waals surface area contributed by atoms with Gasteiger partial charge in [-0.2, -0.15) is 0 Å². The van der Waals surface area contributed by atoms with Crippen LogP contribution in [0.5, 0.6) is 0 Å². The standard InChI is InChI=1S/C42H29NO/c1-2-10-28(11-3-1)29-12-8-13-30(24-29)31-14-9-15-32(25-31)33-20-22-40-37(26-33)35-16-4-6-18-39(35)43(40)34-21-23-42-38(27-34)36-17-5-7-19-41(36)44-42/h1-26,34H,27H2. The fraction of sp³-hybridized carbons (Fsp3) is 0.0476. The normalized spacial score (nSPS) is 14.4. The van der Waals surface area contributed by atoms with Crippen molar-refractivity contribution in [2.45, 2.75) is 12.5 Å². The topological polar surface area (TPSA) is 18.1 Å². The second kappa shape index (κ2) is 10.00. The zero-order valence-corrected chi connectivity index (χ0v) is 24.2. The molecule has 0 aliphatic heterocycles. The molecule has 0 saturated heterocycles. The Morgan fingerprint density at radius 2 is 1.07 bits per heavy atom. The van der Waals surface area contributed by atoms with Gasteiger partial charge in [0.1, 0.15) is 11.3 Å². The van der Waals surface area contributed by atoms with Gasteiger partial charge in [-0.25, -0.2) is 0 Å². The maximum absolute atomic E-state index is 6.17. The van der Waals surface area contributed by atoms with Gasteiger partial charge in [0.05, 0.1) is 6.04 Å². The van der Waals surface area contributed by atoms with E-state index in [4.69, 9.17) is 4.42 Å². The molecule has 2 nitrogen and oxygen atoms in total. The highest BCUT2D eigenvalue weighted by atomic mass is 16.3. The molecule has 0 bridgehead atoms. The van der Waals surface area contributed by atoms with Gasteiger partial charge in [0, 0.05) is 39.2 Å². The Labute approximate surface area is 256 Å². The minimum absolute atomic E-state index is 0.206. The molecule has 0 amide bonds. The highest BCUT2D eigenvalue weighted by molar-refractivity contribution is 6.09. The summed E-state index contributed by atoms with van der Waals surface area (Å²) in [5.41, 5.74) is 12.1. The van der Waals surface area contributed by atoms with Crippen LogP contribution in [0.15, 0.2) is 156 Å². The van der Waals surface area contributed by atoms with Crippen molar-refractivity contribution in [3.8, 4) is 33.4 Å². The van der Waals surface area contributed by atoms with Crippen LogP contribution in [0.25, 0.3) is 72.2 Å². The summed E-state index contributed by atoms with van der Waals surface area (Å²) in [6.45, 7) is 0. The van der Waals surface area contributed by atoms with Crippen molar-refractivity contribution in [2.24, 2.45) is 0 Å². The van der Waals surface area contributed by atoms with E-state index in [1.54, 1.807) is 0 Å². The van der Waals surface area contributed by atoms with Crippen LogP contribution in [-0.4, -0.2) is 4.57 Å². The molecule has 2 heterocycles. The monoisotopic (exact) mass is 563 g/mol. The quantitative estimate of drug-likeness (QED) is 0.208. The second-order valence-corrected chi connectivity index (χ2v) is 11.7. The number of aromatic nitrogens is 1. The molecule has 9 rings (SSSR count). The van der Waals surface area contributed by atoms with Gasteiger partial charge in [-0.15, -0.1) is 0 Å². The third kappa shape index (κ3) is 4.03. The predicted molar refractivity (Wildman–Crippen MR) is 184 cm³/mol. The number of rotatable bonds is 4. The highest BCUT2D eigenvalue weighted by Crippen LogP contribution is 2.40. The van der Waals surface area contributed by atoms with E-state index in [-0.39, 0.29) is 6.04 Å². The Morgan fingerprint density at radius 1 is 0.477 bits per heavy atom. The molecule has 0 fully saturated rings. The first-order valence-electron chi connectivity index (χ1n) is 15.3. The first-order valence-corrected chi connectivity index (χ1v) is 15.3. The average molecular weight is 564 g/mol. The molecule has 44 heavy (non-hydrogen) atoms. The number of hydrogen-bond donors (Lipinski definition) is 0. The third-order valence-electron chi connectivity index (χ3n) is 9.15.